The van der Waals surface area contributed by atoms with Crippen LogP contribution in [0.1, 0.15) is 44.2 Å². The fourth-order valence-corrected chi connectivity index (χ4v) is 2.02. The Kier molecular flexibility index (Phi) is 5.28. The van der Waals surface area contributed by atoms with Gasteiger partial charge in [0.1, 0.15) is 0 Å². The van der Waals surface area contributed by atoms with E-state index < -0.39 is 0 Å². The molecular weight excluding hydrogens is 228 g/mol. The van der Waals surface area contributed by atoms with Crippen molar-refractivity contribution in [3.63, 3.8) is 0 Å². The van der Waals surface area contributed by atoms with E-state index in [4.69, 9.17) is 0 Å². The highest BCUT2D eigenvalue weighted by molar-refractivity contribution is 5.45. The molecule has 2 unspecified atom stereocenters. The molecule has 1 aromatic rings. The number of rotatable bonds is 6. The molecule has 2 atom stereocenters. The number of nitro groups is 1. The van der Waals surface area contributed by atoms with Gasteiger partial charge >= 0.3 is 0 Å². The van der Waals surface area contributed by atoms with Gasteiger partial charge < -0.3 is 5.32 Å². The SMILES string of the molecule is CCCNC(C)C(C)c1cc(C)ccc1[N+](=O)[O-]. The summed E-state index contributed by atoms with van der Waals surface area (Å²) in [5.41, 5.74) is 2.10. The molecule has 1 aromatic carbocycles. The molecule has 0 saturated carbocycles. The second-order valence-corrected chi connectivity index (χ2v) is 4.85. The van der Waals surface area contributed by atoms with E-state index in [-0.39, 0.29) is 22.6 Å². The van der Waals surface area contributed by atoms with Crippen LogP contribution in [0.2, 0.25) is 0 Å². The topological polar surface area (TPSA) is 55.2 Å². The van der Waals surface area contributed by atoms with Crippen LogP contribution in [0.3, 0.4) is 0 Å². The molecule has 4 heteroatoms. The van der Waals surface area contributed by atoms with Gasteiger partial charge in [-0.3, -0.25) is 10.1 Å². The summed E-state index contributed by atoms with van der Waals surface area (Å²) < 4.78 is 0. The summed E-state index contributed by atoms with van der Waals surface area (Å²) in [5.74, 6) is 0.122. The molecule has 100 valence electrons. The molecule has 0 spiro atoms. The average molecular weight is 250 g/mol. The lowest BCUT2D eigenvalue weighted by Crippen LogP contribution is -2.31. The third kappa shape index (κ3) is 3.53. The van der Waals surface area contributed by atoms with Crippen LogP contribution in [-0.4, -0.2) is 17.5 Å². The maximum atomic E-state index is 11.1. The molecule has 1 N–H and O–H groups in total. The summed E-state index contributed by atoms with van der Waals surface area (Å²) in [6, 6.07) is 5.55. The first-order valence-electron chi connectivity index (χ1n) is 6.45. The zero-order chi connectivity index (χ0) is 13.7. The van der Waals surface area contributed by atoms with Crippen molar-refractivity contribution in [2.24, 2.45) is 0 Å². The summed E-state index contributed by atoms with van der Waals surface area (Å²) in [5, 5.41) is 14.5. The summed E-state index contributed by atoms with van der Waals surface area (Å²) in [6.07, 6.45) is 1.06. The van der Waals surface area contributed by atoms with Crippen molar-refractivity contribution >= 4 is 5.69 Å². The van der Waals surface area contributed by atoms with E-state index in [1.54, 1.807) is 12.1 Å². The van der Waals surface area contributed by atoms with Gasteiger partial charge in [-0.15, -0.1) is 0 Å². The number of nitrogens with one attached hydrogen (secondary N) is 1. The van der Waals surface area contributed by atoms with Crippen LogP contribution >= 0.6 is 0 Å². The second-order valence-electron chi connectivity index (χ2n) is 4.85. The third-order valence-electron chi connectivity index (χ3n) is 3.34. The summed E-state index contributed by atoms with van der Waals surface area (Å²) >= 11 is 0. The van der Waals surface area contributed by atoms with Crippen molar-refractivity contribution in [1.29, 1.82) is 0 Å². The first-order valence-corrected chi connectivity index (χ1v) is 6.45. The predicted molar refractivity (Wildman–Crippen MR) is 74.0 cm³/mol. The maximum absolute atomic E-state index is 11.1. The van der Waals surface area contributed by atoms with Gasteiger partial charge in [0.05, 0.1) is 4.92 Å². The van der Waals surface area contributed by atoms with Gasteiger partial charge in [0.15, 0.2) is 0 Å². The van der Waals surface area contributed by atoms with Gasteiger partial charge in [-0.2, -0.15) is 0 Å². The minimum atomic E-state index is -0.294. The number of hydrogen-bond acceptors (Lipinski definition) is 3. The fraction of sp³-hybridized carbons (Fsp3) is 0.571. The Labute approximate surface area is 109 Å². The van der Waals surface area contributed by atoms with E-state index in [2.05, 4.69) is 19.2 Å². The van der Waals surface area contributed by atoms with Crippen LogP contribution in [0.25, 0.3) is 0 Å². The molecular formula is C14H22N2O2. The van der Waals surface area contributed by atoms with Crippen molar-refractivity contribution in [1.82, 2.24) is 5.32 Å². The number of nitrogens with zero attached hydrogens (tertiary/aromatic N) is 1. The first-order chi connectivity index (χ1) is 8.47. The lowest BCUT2D eigenvalue weighted by atomic mass is 9.91. The summed E-state index contributed by atoms with van der Waals surface area (Å²) in [7, 11) is 0. The molecule has 0 aliphatic heterocycles. The first kappa shape index (κ1) is 14.6. The molecule has 0 aliphatic rings. The number of nitro benzene ring substituents is 1. The molecule has 0 aliphatic carbocycles. The van der Waals surface area contributed by atoms with Crippen LogP contribution in [-0.2, 0) is 0 Å². The summed E-state index contributed by atoms with van der Waals surface area (Å²) in [6.45, 7) is 9.12. The Balaban J connectivity index is 2.99. The van der Waals surface area contributed by atoms with E-state index in [0.717, 1.165) is 24.1 Å². The molecule has 0 aromatic heterocycles. The lowest BCUT2D eigenvalue weighted by Gasteiger charge is -2.21. The summed E-state index contributed by atoms with van der Waals surface area (Å²) in [4.78, 5) is 10.8. The second kappa shape index (κ2) is 6.50. The Morgan fingerprint density at radius 3 is 2.61 bits per heavy atom. The zero-order valence-electron chi connectivity index (χ0n) is 11.6. The van der Waals surface area contributed by atoms with E-state index in [1.807, 2.05) is 19.9 Å². The largest absolute Gasteiger partial charge is 0.314 e. The van der Waals surface area contributed by atoms with Gasteiger partial charge in [-0.1, -0.05) is 25.5 Å². The van der Waals surface area contributed by atoms with Crippen molar-refractivity contribution in [2.75, 3.05) is 6.54 Å². The van der Waals surface area contributed by atoms with Crippen LogP contribution in [0.4, 0.5) is 5.69 Å². The highest BCUT2D eigenvalue weighted by Crippen LogP contribution is 2.29. The average Bonchev–Trinajstić information content (AvgIpc) is 2.34. The van der Waals surface area contributed by atoms with Crippen LogP contribution in [0, 0.1) is 17.0 Å². The monoisotopic (exact) mass is 250 g/mol. The van der Waals surface area contributed by atoms with Crippen molar-refractivity contribution < 1.29 is 4.92 Å². The van der Waals surface area contributed by atoms with E-state index in [0.29, 0.717) is 0 Å². The number of hydrogen-bond donors (Lipinski definition) is 1. The Morgan fingerprint density at radius 1 is 1.39 bits per heavy atom. The highest BCUT2D eigenvalue weighted by Gasteiger charge is 2.22. The molecule has 0 radical (unpaired) electrons. The molecule has 0 saturated heterocycles. The van der Waals surface area contributed by atoms with Gasteiger partial charge in [0.2, 0.25) is 0 Å². The Hall–Kier alpha value is -1.42. The zero-order valence-corrected chi connectivity index (χ0v) is 11.6. The minimum absolute atomic E-state index is 0.122. The van der Waals surface area contributed by atoms with Crippen LogP contribution < -0.4 is 5.32 Å². The van der Waals surface area contributed by atoms with Crippen molar-refractivity contribution in [3.8, 4) is 0 Å². The molecule has 1 rings (SSSR count). The van der Waals surface area contributed by atoms with Crippen LogP contribution in [0.15, 0.2) is 18.2 Å². The lowest BCUT2D eigenvalue weighted by molar-refractivity contribution is -0.385. The van der Waals surface area contributed by atoms with Gasteiger partial charge in [0, 0.05) is 23.6 Å². The van der Waals surface area contributed by atoms with Gasteiger partial charge in [-0.05, 0) is 32.9 Å². The minimum Gasteiger partial charge on any atom is -0.314 e. The molecule has 0 fully saturated rings. The van der Waals surface area contributed by atoms with E-state index >= 15 is 0 Å². The van der Waals surface area contributed by atoms with E-state index in [9.17, 15) is 10.1 Å². The molecule has 18 heavy (non-hydrogen) atoms. The predicted octanol–water partition coefficient (Wildman–Crippen LogP) is 3.39. The number of benzene rings is 1. The maximum Gasteiger partial charge on any atom is 0.272 e. The Bertz CT molecular complexity index is 418. The van der Waals surface area contributed by atoms with Gasteiger partial charge in [-0.25, -0.2) is 0 Å². The van der Waals surface area contributed by atoms with Crippen molar-refractivity contribution in [3.05, 3.63) is 39.4 Å². The fourth-order valence-electron chi connectivity index (χ4n) is 2.02. The van der Waals surface area contributed by atoms with E-state index in [1.165, 1.54) is 0 Å². The Morgan fingerprint density at radius 2 is 2.06 bits per heavy atom. The standard InChI is InChI=1S/C14H22N2O2/c1-5-8-15-12(4)11(3)13-9-10(2)6-7-14(13)16(17)18/h6-7,9,11-12,15H,5,8H2,1-4H3. The molecule has 0 bridgehead atoms. The van der Waals surface area contributed by atoms with Crippen molar-refractivity contribution in [2.45, 2.75) is 46.1 Å². The quantitative estimate of drug-likeness (QED) is 0.622. The smallest absolute Gasteiger partial charge is 0.272 e. The number of aryl methyl sites for hydroxylation is 1. The molecule has 0 amide bonds. The van der Waals surface area contributed by atoms with Gasteiger partial charge in [0.25, 0.3) is 5.69 Å². The molecule has 4 nitrogen and oxygen atoms in total. The molecule has 0 heterocycles. The van der Waals surface area contributed by atoms with Crippen LogP contribution in [0.5, 0.6) is 0 Å². The third-order valence-corrected chi connectivity index (χ3v) is 3.34. The highest BCUT2D eigenvalue weighted by atomic mass is 16.6. The normalized spacial score (nSPS) is 14.2.